The molecule has 1 N–H and O–H groups in total. The average Bonchev–Trinajstić information content (AvgIpc) is 3.10. The number of rotatable bonds is 3. The summed E-state index contributed by atoms with van der Waals surface area (Å²) in [5.74, 6) is 1.61. The van der Waals surface area contributed by atoms with Gasteiger partial charge in [0.25, 0.3) is 0 Å². The molecule has 0 spiro atoms. The first kappa shape index (κ1) is 13.4. The Morgan fingerprint density at radius 1 is 1.05 bits per heavy atom. The lowest BCUT2D eigenvalue weighted by molar-refractivity contribution is -0.136. The first-order chi connectivity index (χ1) is 9.34. The largest absolute Gasteiger partial charge is 0.339 e. The Bertz CT molecular complexity index is 306. The van der Waals surface area contributed by atoms with Gasteiger partial charge < -0.3 is 10.2 Å². The predicted molar refractivity (Wildman–Crippen MR) is 76.9 cm³/mol. The molecule has 3 fully saturated rings. The van der Waals surface area contributed by atoms with Gasteiger partial charge in [-0.2, -0.15) is 0 Å². The van der Waals surface area contributed by atoms with Crippen LogP contribution < -0.4 is 5.32 Å². The van der Waals surface area contributed by atoms with E-state index in [0.29, 0.717) is 11.9 Å². The van der Waals surface area contributed by atoms with Crippen LogP contribution in [0.2, 0.25) is 0 Å². The highest BCUT2D eigenvalue weighted by molar-refractivity contribution is 5.80. The number of amides is 1. The molecule has 0 aromatic carbocycles. The van der Waals surface area contributed by atoms with Gasteiger partial charge in [0.1, 0.15) is 0 Å². The molecule has 108 valence electrons. The van der Waals surface area contributed by atoms with E-state index >= 15 is 0 Å². The van der Waals surface area contributed by atoms with E-state index in [1.165, 1.54) is 51.4 Å². The van der Waals surface area contributed by atoms with Crippen molar-refractivity contribution < 1.29 is 4.79 Å². The monoisotopic (exact) mass is 264 g/mol. The minimum Gasteiger partial charge on any atom is -0.339 e. The zero-order valence-corrected chi connectivity index (χ0v) is 12.1. The van der Waals surface area contributed by atoms with Gasteiger partial charge in [0.05, 0.1) is 5.92 Å². The summed E-state index contributed by atoms with van der Waals surface area (Å²) in [5, 5.41) is 3.33. The summed E-state index contributed by atoms with van der Waals surface area (Å²) in [6.07, 6.45) is 11.9. The van der Waals surface area contributed by atoms with Crippen LogP contribution in [0.25, 0.3) is 0 Å². The molecule has 1 saturated carbocycles. The van der Waals surface area contributed by atoms with Crippen molar-refractivity contribution in [3.05, 3.63) is 0 Å². The lowest BCUT2D eigenvalue weighted by atomic mass is 9.84. The summed E-state index contributed by atoms with van der Waals surface area (Å²) in [4.78, 5) is 14.8. The van der Waals surface area contributed by atoms with Gasteiger partial charge in [-0.3, -0.25) is 4.79 Å². The van der Waals surface area contributed by atoms with Crippen LogP contribution in [0.3, 0.4) is 0 Å². The molecule has 1 amide bonds. The molecule has 0 aromatic heterocycles. The van der Waals surface area contributed by atoms with Gasteiger partial charge in [0.2, 0.25) is 5.91 Å². The van der Waals surface area contributed by atoms with Crippen LogP contribution in [0.4, 0.5) is 0 Å². The quantitative estimate of drug-likeness (QED) is 0.849. The van der Waals surface area contributed by atoms with Gasteiger partial charge in [-0.15, -0.1) is 0 Å². The summed E-state index contributed by atoms with van der Waals surface area (Å²) < 4.78 is 0. The molecular weight excluding hydrogens is 236 g/mol. The molecule has 3 heteroatoms. The number of hydrogen-bond donors (Lipinski definition) is 1. The van der Waals surface area contributed by atoms with E-state index in [4.69, 9.17) is 0 Å². The summed E-state index contributed by atoms with van der Waals surface area (Å²) in [7, 11) is 0. The minimum atomic E-state index is 0.270. The van der Waals surface area contributed by atoms with Gasteiger partial charge in [-0.05, 0) is 38.1 Å². The van der Waals surface area contributed by atoms with E-state index in [9.17, 15) is 4.79 Å². The predicted octanol–water partition coefficient (Wildman–Crippen LogP) is 2.56. The summed E-state index contributed by atoms with van der Waals surface area (Å²) >= 11 is 0. The lowest BCUT2D eigenvalue weighted by Gasteiger charge is -2.31. The van der Waals surface area contributed by atoms with Gasteiger partial charge in [0.15, 0.2) is 0 Å². The highest BCUT2D eigenvalue weighted by Gasteiger charge is 2.35. The van der Waals surface area contributed by atoms with E-state index in [-0.39, 0.29) is 5.92 Å². The fourth-order valence-electron chi connectivity index (χ4n) is 4.28. The smallest absolute Gasteiger partial charge is 0.227 e. The second-order valence-electron chi connectivity index (χ2n) is 6.76. The molecule has 0 radical (unpaired) electrons. The van der Waals surface area contributed by atoms with Crippen LogP contribution >= 0.6 is 0 Å². The van der Waals surface area contributed by atoms with E-state index < -0.39 is 0 Å². The summed E-state index contributed by atoms with van der Waals surface area (Å²) in [6.45, 7) is 2.95. The van der Waals surface area contributed by atoms with Crippen molar-refractivity contribution in [1.29, 1.82) is 0 Å². The molecule has 2 saturated heterocycles. The van der Waals surface area contributed by atoms with Crippen LogP contribution in [0.1, 0.15) is 57.8 Å². The van der Waals surface area contributed by atoms with Gasteiger partial charge in [0, 0.05) is 19.1 Å². The Labute approximate surface area is 117 Å². The molecular formula is C16H28N2O. The second-order valence-corrected chi connectivity index (χ2v) is 6.76. The number of carbonyl (C=O) groups excluding carboxylic acids is 1. The Morgan fingerprint density at radius 2 is 1.89 bits per heavy atom. The fourth-order valence-corrected chi connectivity index (χ4v) is 4.28. The molecule has 2 heterocycles. The Morgan fingerprint density at radius 3 is 2.63 bits per heavy atom. The third-order valence-corrected chi connectivity index (χ3v) is 5.40. The molecule has 19 heavy (non-hydrogen) atoms. The summed E-state index contributed by atoms with van der Waals surface area (Å²) in [5.41, 5.74) is 0. The number of likely N-dealkylation sites (tertiary alicyclic amines) is 1. The van der Waals surface area contributed by atoms with Crippen LogP contribution in [0.15, 0.2) is 0 Å². The highest BCUT2D eigenvalue weighted by Crippen LogP contribution is 2.33. The normalized spacial score (nSPS) is 32.9. The van der Waals surface area contributed by atoms with Crippen molar-refractivity contribution in [2.24, 2.45) is 11.8 Å². The van der Waals surface area contributed by atoms with Gasteiger partial charge in [-0.25, -0.2) is 0 Å². The molecule has 3 rings (SSSR count). The molecule has 0 aromatic rings. The third-order valence-electron chi connectivity index (χ3n) is 5.40. The molecule has 3 aliphatic rings. The molecule has 0 bridgehead atoms. The van der Waals surface area contributed by atoms with Crippen molar-refractivity contribution in [3.8, 4) is 0 Å². The number of hydrogen-bond acceptors (Lipinski definition) is 2. The van der Waals surface area contributed by atoms with Gasteiger partial charge >= 0.3 is 0 Å². The van der Waals surface area contributed by atoms with Crippen LogP contribution in [-0.2, 0) is 4.79 Å². The first-order valence-electron chi connectivity index (χ1n) is 8.36. The van der Waals surface area contributed by atoms with Crippen LogP contribution in [0.5, 0.6) is 0 Å². The maximum atomic E-state index is 12.6. The highest BCUT2D eigenvalue weighted by atomic mass is 16.2. The van der Waals surface area contributed by atoms with E-state index in [1.807, 2.05) is 0 Å². The van der Waals surface area contributed by atoms with Crippen LogP contribution in [-0.4, -0.2) is 36.5 Å². The van der Waals surface area contributed by atoms with Crippen molar-refractivity contribution in [2.45, 2.75) is 63.8 Å². The van der Waals surface area contributed by atoms with Gasteiger partial charge in [-0.1, -0.05) is 32.1 Å². The fraction of sp³-hybridized carbons (Fsp3) is 0.938. The number of nitrogens with zero attached hydrogens (tertiary/aromatic N) is 1. The third kappa shape index (κ3) is 3.13. The number of nitrogens with one attached hydrogen (secondary N) is 1. The van der Waals surface area contributed by atoms with Crippen molar-refractivity contribution in [2.75, 3.05) is 19.6 Å². The molecule has 2 aliphatic heterocycles. The average molecular weight is 264 g/mol. The Balaban J connectivity index is 1.55. The lowest BCUT2D eigenvalue weighted by Crippen LogP contribution is -2.41. The summed E-state index contributed by atoms with van der Waals surface area (Å²) in [6, 6.07) is 0.566. The van der Waals surface area contributed by atoms with Crippen LogP contribution in [0, 0.1) is 11.8 Å². The zero-order chi connectivity index (χ0) is 13.1. The van der Waals surface area contributed by atoms with E-state index in [1.54, 1.807) is 0 Å². The SMILES string of the molecule is O=C(C1CCNC1)N1CCCC1CC1CCCCC1. The molecule has 2 unspecified atom stereocenters. The van der Waals surface area contributed by atoms with Crippen molar-refractivity contribution in [1.82, 2.24) is 10.2 Å². The standard InChI is InChI=1S/C16H28N2O/c19-16(14-8-9-17-12-14)18-10-4-7-15(18)11-13-5-2-1-3-6-13/h13-15,17H,1-12H2. The number of carbonyl (C=O) groups is 1. The minimum absolute atomic E-state index is 0.270. The zero-order valence-electron chi connectivity index (χ0n) is 12.1. The Hall–Kier alpha value is -0.570. The maximum absolute atomic E-state index is 12.6. The van der Waals surface area contributed by atoms with E-state index in [2.05, 4.69) is 10.2 Å². The van der Waals surface area contributed by atoms with Crippen molar-refractivity contribution in [3.63, 3.8) is 0 Å². The van der Waals surface area contributed by atoms with Crippen molar-refractivity contribution >= 4 is 5.91 Å². The topological polar surface area (TPSA) is 32.3 Å². The molecule has 3 nitrogen and oxygen atoms in total. The first-order valence-corrected chi connectivity index (χ1v) is 8.36. The van der Waals surface area contributed by atoms with E-state index in [0.717, 1.165) is 32.0 Å². The second kappa shape index (κ2) is 6.25. The maximum Gasteiger partial charge on any atom is 0.227 e. The molecule has 1 aliphatic carbocycles. The molecule has 2 atom stereocenters. The Kier molecular flexibility index (Phi) is 4.42.